The van der Waals surface area contributed by atoms with E-state index in [2.05, 4.69) is 86.4 Å². The number of nitrogens with zero attached hydrogens (tertiary/aromatic N) is 10. The summed E-state index contributed by atoms with van der Waals surface area (Å²) in [6.45, 7) is 10.2. The van der Waals surface area contributed by atoms with Crippen LogP contribution in [0, 0.1) is 121 Å². The molecule has 0 unspecified atom stereocenters. The van der Waals surface area contributed by atoms with Crippen molar-refractivity contribution >= 4 is 105 Å². The second-order valence-electron chi connectivity index (χ2n) is 28.5. The number of hydrogen-bond acceptors (Lipinski definition) is 22. The fourth-order valence-corrected chi connectivity index (χ4v) is 15.2. The molecule has 2 fully saturated rings. The number of carboxylic acids is 4. The van der Waals surface area contributed by atoms with Gasteiger partial charge in [-0.05, 0) is 159 Å². The summed E-state index contributed by atoms with van der Waals surface area (Å²) in [5.74, 6) is -7.48. The van der Waals surface area contributed by atoms with Crippen molar-refractivity contribution in [3.63, 3.8) is 0 Å². The number of aromatic amines is 2. The van der Waals surface area contributed by atoms with Gasteiger partial charge in [0, 0.05) is 187 Å². The van der Waals surface area contributed by atoms with Crippen LogP contribution in [0.1, 0.15) is 56.2 Å². The summed E-state index contributed by atoms with van der Waals surface area (Å²) in [7, 11) is 0. The summed E-state index contributed by atoms with van der Waals surface area (Å²) in [5.41, 5.74) is 19.6. The maximum absolute atomic E-state index is 14.2. The predicted octanol–water partition coefficient (Wildman–Crippen LogP) is 0.268. The molecule has 28 nitrogen and oxygen atoms in total. The van der Waals surface area contributed by atoms with Crippen LogP contribution < -0.4 is 41.3 Å². The largest absolute Gasteiger partial charge is 3.00 e. The number of aliphatic carboxylic acids is 4. The number of carbonyl (C=O) groups excluding carboxylic acids is 8. The third-order valence-corrected chi connectivity index (χ3v) is 20.3. The number of rotatable bonds is 20. The van der Waals surface area contributed by atoms with Crippen molar-refractivity contribution in [2.45, 2.75) is 41.5 Å². The van der Waals surface area contributed by atoms with Gasteiger partial charge >= 0.3 is 79.9 Å². The van der Waals surface area contributed by atoms with Crippen molar-refractivity contribution in [1.82, 2.24) is 59.1 Å². The summed E-state index contributed by atoms with van der Waals surface area (Å²) < 4.78 is 0. The van der Waals surface area contributed by atoms with E-state index in [0.717, 1.165) is 100.0 Å². The Morgan fingerprint density at radius 1 is 0.339 bits per heavy atom. The van der Waals surface area contributed by atoms with E-state index in [0.29, 0.717) is 34.2 Å². The Kier molecular flexibility index (Phi) is 31.7. The summed E-state index contributed by atoms with van der Waals surface area (Å²) in [6.07, 6.45) is 8.04. The van der Waals surface area contributed by atoms with Crippen LogP contribution in [0.5, 0.6) is 0 Å². The average Bonchev–Trinajstić information content (AvgIpc) is 1.59. The van der Waals surface area contributed by atoms with Gasteiger partial charge in [-0.1, -0.05) is 72.9 Å². The molecule has 588 valence electrons. The van der Waals surface area contributed by atoms with E-state index < -0.39 is 86.9 Å². The summed E-state index contributed by atoms with van der Waals surface area (Å²) in [6, 6.07) is 31.6. The van der Waals surface area contributed by atoms with Crippen LogP contribution in [0.15, 0.2) is 97.1 Å². The second-order valence-corrected chi connectivity index (χ2v) is 28.5. The zero-order valence-electron chi connectivity index (χ0n) is 63.4. The first-order chi connectivity index (χ1) is 52.8. The molecule has 2 radical (unpaired) electrons. The molecule has 30 heteroatoms. The molecular formula is C82H90Gd2N14O14. The molecule has 4 N–H and O–H groups in total. The van der Waals surface area contributed by atoms with E-state index in [-0.39, 0.29) is 198 Å². The molecule has 112 heavy (non-hydrogen) atoms. The molecule has 7 heterocycles. The van der Waals surface area contributed by atoms with E-state index in [1.165, 1.54) is 19.6 Å². The Morgan fingerprint density at radius 3 is 0.839 bits per heavy atom. The van der Waals surface area contributed by atoms with Gasteiger partial charge in [-0.25, -0.2) is 9.97 Å². The van der Waals surface area contributed by atoms with Crippen LogP contribution in [-0.2, 0) is 38.4 Å². The molecule has 0 atom stereocenters. The predicted molar refractivity (Wildman–Crippen MR) is 408 cm³/mol. The molecule has 2 saturated heterocycles. The van der Waals surface area contributed by atoms with E-state index in [4.69, 9.17) is 9.97 Å². The van der Waals surface area contributed by atoms with Gasteiger partial charge in [0.2, 0.25) is 23.6 Å². The van der Waals surface area contributed by atoms with Crippen LogP contribution in [-0.4, -0.2) is 264 Å². The monoisotopic (exact) mass is 1810 g/mol. The molecule has 4 aromatic carbocycles. The first-order valence-electron chi connectivity index (χ1n) is 36.7. The van der Waals surface area contributed by atoms with Crippen LogP contribution >= 0.6 is 0 Å². The topological polar surface area (TPSA) is 382 Å². The molecular weight excluding hydrogens is 1720 g/mol. The average molecular weight is 1810 g/mol. The molecule has 0 saturated carbocycles. The summed E-state index contributed by atoms with van der Waals surface area (Å²) in [4.78, 5) is 132. The third-order valence-electron chi connectivity index (χ3n) is 20.3. The van der Waals surface area contributed by atoms with Gasteiger partial charge in [-0.15, -0.1) is 0 Å². The standard InChI is InChI=1S/C82H94N14O14.2Gd/c1-51-39-53(3)77(54(4)40-51)81-65-19-15-61(85-65)79(57-7-11-59(12-8-57)83-69(99)43-89-23-25-91(45-73(103)104)27-29-93(47-75(107)108)33-37-95(35-31-89)71(101)49-97)63-17-21-67(87-63)82(78-55(5)41-52(2)42-56(78)6)68-22-18-64(88-68)80(62-16-20-66(81)86-62)58-9-13-60(14-10-58)84-70(100)44-90-24-26-92(46-74(105)106)28-30-94(48-76(109)110)34-38-96(36-32-90)72(102)50-98;;/h7-22,39-42,85,88H,23-38,43-50H2,1-6H3,(H,83,99)(H,84,100)(H,103,104)(H,105,106)(H,107,108)(H,109,110);;/q-2;2*+3/p-4. The molecule has 11 rings (SSSR count). The number of amides is 4. The number of fused-ring (bicyclic) bond motifs is 8. The quantitative estimate of drug-likeness (QED) is 0.0795. The molecule has 4 aliphatic heterocycles. The normalized spacial score (nSPS) is 15.5. The Balaban J connectivity index is 0.00000720. The summed E-state index contributed by atoms with van der Waals surface area (Å²) in [5, 5.41) is 76.9. The first kappa shape index (κ1) is 87.5. The van der Waals surface area contributed by atoms with Gasteiger partial charge in [0.25, 0.3) is 0 Å². The second kappa shape index (κ2) is 40.5. The number of aryl methyl sites for hydroxylation is 6. The minimum atomic E-state index is -1.34. The van der Waals surface area contributed by atoms with E-state index in [9.17, 15) is 69.0 Å². The van der Waals surface area contributed by atoms with Gasteiger partial charge in [0.05, 0.1) is 59.7 Å². The molecule has 0 aliphatic carbocycles. The number of aromatic nitrogens is 4. The van der Waals surface area contributed by atoms with Gasteiger partial charge in [-0.2, -0.15) is 0 Å². The number of carboxylic acid groups (broad SMARTS) is 4. The van der Waals surface area contributed by atoms with E-state index in [1.807, 2.05) is 72.8 Å². The minimum Gasteiger partial charge on any atom is -0.848 e. The van der Waals surface area contributed by atoms with E-state index >= 15 is 0 Å². The number of hydrogen-bond donors (Lipinski definition) is 4. The van der Waals surface area contributed by atoms with Crippen molar-refractivity contribution < 1.29 is 149 Å². The van der Waals surface area contributed by atoms with Gasteiger partial charge in [0.15, 0.2) is 0 Å². The van der Waals surface area contributed by atoms with Crippen molar-refractivity contribution in [1.29, 1.82) is 0 Å². The number of anilines is 2. The molecule has 7 aromatic rings. The number of benzene rings is 4. The SMILES string of the molecule is Cc1cc(C)c(-c2c3nc(c(-c4ccc(NC(=O)CN5CCN(CC(=O)[O-])CCN(CC(=O)[O-])CCN(C(=O)C[O-])CC5)cc4)c4ccc([nH]4)c(-c4c(C)cc(C)cc4C)c4nc(c(-c5ccc(NC(=O)CN6CCN(CC(=O)[O-])CCN(CC(=O)[O-])CCN(C(=O)C[O-])CC6)cc5)c5ccc2[nH]5)C=C4)C=C3)c(C)c1.[Gd+3].[Gd+3]. The molecule has 4 aliphatic rings. The van der Waals surface area contributed by atoms with Crippen LogP contribution in [0.4, 0.5) is 11.4 Å². The fourth-order valence-electron chi connectivity index (χ4n) is 15.2. The molecule has 0 spiro atoms. The molecule has 3 aromatic heterocycles. The fraction of sp³-hybridized carbons (Fsp3) is 0.366. The van der Waals surface area contributed by atoms with Gasteiger partial charge < -0.3 is 80.2 Å². The van der Waals surface area contributed by atoms with Gasteiger partial charge in [0.1, 0.15) is 0 Å². The maximum Gasteiger partial charge on any atom is 3.00 e. The van der Waals surface area contributed by atoms with Crippen LogP contribution in [0.3, 0.4) is 0 Å². The maximum atomic E-state index is 14.2. The Hall–Kier alpha value is -8.43. The number of carbonyl (C=O) groups is 8. The van der Waals surface area contributed by atoms with Gasteiger partial charge in [-0.3, -0.25) is 48.6 Å². The number of nitrogens with one attached hydrogen (secondary N) is 4. The third kappa shape index (κ3) is 23.0. The van der Waals surface area contributed by atoms with Crippen molar-refractivity contribution in [2.75, 3.05) is 168 Å². The van der Waals surface area contributed by atoms with Crippen LogP contribution in [0.2, 0.25) is 0 Å². The van der Waals surface area contributed by atoms with Crippen molar-refractivity contribution in [3.05, 3.63) is 153 Å². The zero-order valence-corrected chi connectivity index (χ0v) is 67.9. The summed E-state index contributed by atoms with van der Waals surface area (Å²) >= 11 is 0. The van der Waals surface area contributed by atoms with Crippen LogP contribution in [0.25, 0.3) is 90.9 Å². The first-order valence-corrected chi connectivity index (χ1v) is 36.7. The smallest absolute Gasteiger partial charge is 0.848 e. The Bertz CT molecular complexity index is 4540. The van der Waals surface area contributed by atoms with E-state index in [1.54, 1.807) is 43.9 Å². The Labute approximate surface area is 713 Å². The Morgan fingerprint density at radius 2 is 0.580 bits per heavy atom. The molecule has 8 bridgehead atoms. The van der Waals surface area contributed by atoms with Crippen molar-refractivity contribution in [2.24, 2.45) is 0 Å². The van der Waals surface area contributed by atoms with Crippen molar-refractivity contribution in [3.8, 4) is 44.5 Å². The number of H-pyrrole nitrogens is 2. The minimum absolute atomic E-state index is 0. The zero-order chi connectivity index (χ0) is 78.4. The molecule has 4 amide bonds.